The SMILES string of the molecule is O=S(=O)(Nc1cnc(-c2cccc(O)c2)nc1)c1ccccc1Cl. The van der Waals surface area contributed by atoms with Crippen molar-refractivity contribution in [1.82, 2.24) is 9.97 Å². The van der Waals surface area contributed by atoms with Gasteiger partial charge in [0, 0.05) is 5.56 Å². The van der Waals surface area contributed by atoms with Crippen LogP contribution in [-0.2, 0) is 10.0 Å². The molecule has 3 aromatic rings. The number of aromatic nitrogens is 2. The molecule has 0 unspecified atom stereocenters. The molecule has 122 valence electrons. The number of hydrogen-bond donors (Lipinski definition) is 2. The smallest absolute Gasteiger partial charge is 0.263 e. The Labute approximate surface area is 143 Å². The van der Waals surface area contributed by atoms with Crippen LogP contribution >= 0.6 is 11.6 Å². The van der Waals surface area contributed by atoms with Crippen molar-refractivity contribution in [3.63, 3.8) is 0 Å². The normalized spacial score (nSPS) is 11.2. The number of phenolic OH excluding ortho intramolecular Hbond substituents is 1. The van der Waals surface area contributed by atoms with Crippen LogP contribution in [0.25, 0.3) is 11.4 Å². The van der Waals surface area contributed by atoms with Crippen LogP contribution in [0.1, 0.15) is 0 Å². The van der Waals surface area contributed by atoms with Crippen molar-refractivity contribution >= 4 is 27.3 Å². The zero-order valence-electron chi connectivity index (χ0n) is 12.2. The van der Waals surface area contributed by atoms with E-state index in [2.05, 4.69) is 14.7 Å². The predicted octanol–water partition coefficient (Wildman–Crippen LogP) is 3.30. The Balaban J connectivity index is 1.85. The van der Waals surface area contributed by atoms with E-state index in [-0.39, 0.29) is 21.4 Å². The summed E-state index contributed by atoms with van der Waals surface area (Å²) in [6.45, 7) is 0. The van der Waals surface area contributed by atoms with Gasteiger partial charge in [-0.25, -0.2) is 18.4 Å². The van der Waals surface area contributed by atoms with Crippen LogP contribution in [0.15, 0.2) is 65.8 Å². The lowest BCUT2D eigenvalue weighted by Gasteiger charge is -2.09. The van der Waals surface area contributed by atoms with E-state index in [4.69, 9.17) is 11.6 Å². The molecule has 0 fully saturated rings. The molecule has 6 nitrogen and oxygen atoms in total. The fourth-order valence-electron chi connectivity index (χ4n) is 2.05. The number of anilines is 1. The first-order valence-corrected chi connectivity index (χ1v) is 8.70. The molecule has 1 heterocycles. The molecule has 0 aliphatic carbocycles. The number of rotatable bonds is 4. The summed E-state index contributed by atoms with van der Waals surface area (Å²) in [4.78, 5) is 8.19. The summed E-state index contributed by atoms with van der Waals surface area (Å²) in [5.41, 5.74) is 0.828. The van der Waals surface area contributed by atoms with Gasteiger partial charge in [0.2, 0.25) is 0 Å². The van der Waals surface area contributed by atoms with Crippen LogP contribution in [0, 0.1) is 0 Å². The second-order valence-electron chi connectivity index (χ2n) is 4.88. The van der Waals surface area contributed by atoms with Gasteiger partial charge in [0.05, 0.1) is 23.1 Å². The van der Waals surface area contributed by atoms with Crippen molar-refractivity contribution in [3.05, 3.63) is 65.9 Å². The maximum atomic E-state index is 12.3. The number of phenols is 1. The van der Waals surface area contributed by atoms with Gasteiger partial charge < -0.3 is 5.11 Å². The number of sulfonamides is 1. The third kappa shape index (κ3) is 3.47. The average Bonchev–Trinajstić information content (AvgIpc) is 2.55. The van der Waals surface area contributed by atoms with E-state index < -0.39 is 10.0 Å². The van der Waals surface area contributed by atoms with Gasteiger partial charge in [-0.3, -0.25) is 4.72 Å². The number of benzene rings is 2. The van der Waals surface area contributed by atoms with Crippen LogP contribution in [0.5, 0.6) is 5.75 Å². The topological polar surface area (TPSA) is 92.2 Å². The van der Waals surface area contributed by atoms with Crippen molar-refractivity contribution < 1.29 is 13.5 Å². The molecule has 8 heteroatoms. The van der Waals surface area contributed by atoms with Gasteiger partial charge in [0.25, 0.3) is 10.0 Å². The predicted molar refractivity (Wildman–Crippen MR) is 91.4 cm³/mol. The summed E-state index contributed by atoms with van der Waals surface area (Å²) in [6, 6.07) is 12.6. The Kier molecular flexibility index (Phi) is 4.37. The molecule has 0 amide bonds. The monoisotopic (exact) mass is 361 g/mol. The third-order valence-corrected chi connectivity index (χ3v) is 5.02. The number of hydrogen-bond acceptors (Lipinski definition) is 5. The molecule has 0 aliphatic heterocycles. The summed E-state index contributed by atoms with van der Waals surface area (Å²) in [7, 11) is -3.83. The summed E-state index contributed by atoms with van der Waals surface area (Å²) in [5.74, 6) is 0.464. The van der Waals surface area contributed by atoms with Crippen molar-refractivity contribution in [2.45, 2.75) is 4.90 Å². The van der Waals surface area contributed by atoms with E-state index in [1.807, 2.05) is 0 Å². The highest BCUT2D eigenvalue weighted by atomic mass is 35.5. The molecule has 0 saturated heterocycles. The van der Waals surface area contributed by atoms with Gasteiger partial charge in [-0.2, -0.15) is 0 Å². The molecule has 3 rings (SSSR count). The number of nitrogens with one attached hydrogen (secondary N) is 1. The minimum Gasteiger partial charge on any atom is -0.508 e. The quantitative estimate of drug-likeness (QED) is 0.743. The van der Waals surface area contributed by atoms with E-state index >= 15 is 0 Å². The second kappa shape index (κ2) is 6.46. The molecular weight excluding hydrogens is 350 g/mol. The lowest BCUT2D eigenvalue weighted by atomic mass is 10.2. The molecule has 1 aromatic heterocycles. The van der Waals surface area contributed by atoms with Gasteiger partial charge in [-0.15, -0.1) is 0 Å². The molecule has 2 aromatic carbocycles. The standard InChI is InChI=1S/C16H12ClN3O3S/c17-14-6-1-2-7-15(14)24(22,23)20-12-9-18-16(19-10-12)11-4-3-5-13(21)8-11/h1-10,20-21H. The third-order valence-electron chi connectivity index (χ3n) is 3.13. The van der Waals surface area contributed by atoms with Gasteiger partial charge >= 0.3 is 0 Å². The fourth-order valence-corrected chi connectivity index (χ4v) is 3.60. The lowest BCUT2D eigenvalue weighted by Crippen LogP contribution is -2.13. The molecule has 2 N–H and O–H groups in total. The minimum absolute atomic E-state index is 0.0243. The Hall–Kier alpha value is -2.64. The Bertz CT molecular complexity index is 976. The zero-order chi connectivity index (χ0) is 17.2. The number of nitrogens with zero attached hydrogens (tertiary/aromatic N) is 2. The first kappa shape index (κ1) is 16.2. The Morgan fingerprint density at radius 1 is 1.00 bits per heavy atom. The highest BCUT2D eigenvalue weighted by molar-refractivity contribution is 7.92. The van der Waals surface area contributed by atoms with E-state index in [1.165, 1.54) is 36.7 Å². The maximum Gasteiger partial charge on any atom is 0.263 e. The number of halogens is 1. The molecule has 0 radical (unpaired) electrons. The maximum absolute atomic E-state index is 12.3. The van der Waals surface area contributed by atoms with Gasteiger partial charge in [-0.05, 0) is 24.3 Å². The lowest BCUT2D eigenvalue weighted by molar-refractivity contribution is 0.475. The molecule has 0 atom stereocenters. The minimum atomic E-state index is -3.83. The number of aromatic hydroxyl groups is 1. The molecular formula is C16H12ClN3O3S. The first-order valence-electron chi connectivity index (χ1n) is 6.84. The first-order chi connectivity index (χ1) is 11.5. The van der Waals surface area contributed by atoms with Gasteiger partial charge in [0.15, 0.2) is 5.82 Å². The Morgan fingerprint density at radius 3 is 2.38 bits per heavy atom. The molecule has 24 heavy (non-hydrogen) atoms. The van der Waals surface area contributed by atoms with Crippen LogP contribution in [-0.4, -0.2) is 23.5 Å². The summed E-state index contributed by atoms with van der Waals surface area (Å²) >= 11 is 5.92. The molecule has 0 bridgehead atoms. The fraction of sp³-hybridized carbons (Fsp3) is 0. The van der Waals surface area contributed by atoms with Crippen LogP contribution in [0.4, 0.5) is 5.69 Å². The van der Waals surface area contributed by atoms with Crippen LogP contribution < -0.4 is 4.72 Å². The second-order valence-corrected chi connectivity index (χ2v) is 6.94. The van der Waals surface area contributed by atoms with Gasteiger partial charge in [-0.1, -0.05) is 35.9 Å². The van der Waals surface area contributed by atoms with Crippen LogP contribution in [0.3, 0.4) is 0 Å². The molecule has 0 spiro atoms. The van der Waals surface area contributed by atoms with Crippen molar-refractivity contribution in [2.75, 3.05) is 4.72 Å². The summed E-state index contributed by atoms with van der Waals surface area (Å²) < 4.78 is 27.1. The van der Waals surface area contributed by atoms with E-state index in [0.717, 1.165) is 0 Å². The molecule has 0 aliphatic rings. The largest absolute Gasteiger partial charge is 0.508 e. The van der Waals surface area contributed by atoms with Crippen molar-refractivity contribution in [3.8, 4) is 17.1 Å². The Morgan fingerprint density at radius 2 is 1.71 bits per heavy atom. The molecule has 0 saturated carbocycles. The summed E-state index contributed by atoms with van der Waals surface area (Å²) in [6.07, 6.45) is 2.70. The zero-order valence-corrected chi connectivity index (χ0v) is 13.8. The highest BCUT2D eigenvalue weighted by Gasteiger charge is 2.17. The summed E-state index contributed by atoms with van der Waals surface area (Å²) in [5, 5.41) is 9.60. The van der Waals surface area contributed by atoms with E-state index in [0.29, 0.717) is 11.4 Å². The van der Waals surface area contributed by atoms with Crippen LogP contribution in [0.2, 0.25) is 5.02 Å². The van der Waals surface area contributed by atoms with E-state index in [1.54, 1.807) is 24.3 Å². The van der Waals surface area contributed by atoms with Crippen molar-refractivity contribution in [1.29, 1.82) is 0 Å². The highest BCUT2D eigenvalue weighted by Crippen LogP contribution is 2.24. The van der Waals surface area contributed by atoms with E-state index in [9.17, 15) is 13.5 Å². The van der Waals surface area contributed by atoms with Gasteiger partial charge in [0.1, 0.15) is 10.6 Å². The van der Waals surface area contributed by atoms with Crippen molar-refractivity contribution in [2.24, 2.45) is 0 Å². The average molecular weight is 362 g/mol.